The van der Waals surface area contributed by atoms with Crippen LogP contribution in [0.3, 0.4) is 0 Å². The lowest BCUT2D eigenvalue weighted by atomic mass is 10.2. The number of benzene rings is 1. The lowest BCUT2D eigenvalue weighted by Gasteiger charge is -2.27. The average molecular weight is 333 g/mol. The minimum absolute atomic E-state index is 0.0323. The second kappa shape index (κ2) is 7.07. The van der Waals surface area contributed by atoms with Crippen molar-refractivity contribution in [3.05, 3.63) is 28.8 Å². The van der Waals surface area contributed by atoms with Crippen molar-refractivity contribution >= 4 is 21.6 Å². The van der Waals surface area contributed by atoms with Gasteiger partial charge in [0.25, 0.3) is 0 Å². The van der Waals surface area contributed by atoms with E-state index in [9.17, 15) is 13.5 Å². The first-order chi connectivity index (χ1) is 10.0. The molecule has 3 N–H and O–H groups in total. The number of nitrogens with two attached hydrogens (primary N) is 1. The van der Waals surface area contributed by atoms with Gasteiger partial charge in [0.05, 0.1) is 11.5 Å². The fourth-order valence-corrected chi connectivity index (χ4v) is 4.80. The van der Waals surface area contributed by atoms with Gasteiger partial charge in [0.1, 0.15) is 0 Å². The first-order valence-electron chi connectivity index (χ1n) is 7.12. The van der Waals surface area contributed by atoms with Crippen LogP contribution in [0.2, 0.25) is 5.02 Å². The van der Waals surface area contributed by atoms with Crippen molar-refractivity contribution in [3.63, 3.8) is 0 Å². The highest BCUT2D eigenvalue weighted by atomic mass is 35.5. The maximum atomic E-state index is 12.8. The van der Waals surface area contributed by atoms with E-state index >= 15 is 0 Å². The highest BCUT2D eigenvalue weighted by Crippen LogP contribution is 2.30. The molecule has 118 valence electrons. The van der Waals surface area contributed by atoms with Crippen molar-refractivity contribution in [2.45, 2.75) is 43.2 Å². The first-order valence-corrected chi connectivity index (χ1v) is 8.93. The van der Waals surface area contributed by atoms with E-state index in [1.54, 1.807) is 6.07 Å². The van der Waals surface area contributed by atoms with Crippen LogP contribution < -0.4 is 5.73 Å². The number of sulfonamides is 1. The molecule has 0 aliphatic heterocycles. The van der Waals surface area contributed by atoms with E-state index in [-0.39, 0.29) is 30.6 Å². The van der Waals surface area contributed by atoms with Crippen molar-refractivity contribution in [1.29, 1.82) is 0 Å². The van der Waals surface area contributed by atoms with E-state index in [1.165, 1.54) is 16.4 Å². The van der Waals surface area contributed by atoms with E-state index in [4.69, 9.17) is 17.3 Å². The Bertz CT molecular complexity index is 586. The van der Waals surface area contributed by atoms with E-state index in [2.05, 4.69) is 0 Å². The summed E-state index contributed by atoms with van der Waals surface area (Å²) in [5.41, 5.74) is 6.25. The van der Waals surface area contributed by atoms with Crippen molar-refractivity contribution in [3.8, 4) is 0 Å². The third-order valence-electron chi connectivity index (χ3n) is 3.90. The molecular weight excluding hydrogens is 312 g/mol. The summed E-state index contributed by atoms with van der Waals surface area (Å²) in [5.74, 6) is 0. The molecule has 0 aromatic heterocycles. The molecule has 1 aromatic carbocycles. The molecule has 0 spiro atoms. The molecule has 0 amide bonds. The van der Waals surface area contributed by atoms with Gasteiger partial charge in [-0.15, -0.1) is 0 Å². The maximum absolute atomic E-state index is 12.8. The molecule has 21 heavy (non-hydrogen) atoms. The van der Waals surface area contributed by atoms with Gasteiger partial charge in [0, 0.05) is 24.2 Å². The molecule has 1 saturated carbocycles. The molecule has 0 radical (unpaired) electrons. The minimum Gasteiger partial charge on any atom is -0.395 e. The highest BCUT2D eigenvalue weighted by Gasteiger charge is 2.33. The molecule has 7 heteroatoms. The number of halogens is 1. The Balaban J connectivity index is 2.35. The van der Waals surface area contributed by atoms with E-state index < -0.39 is 10.0 Å². The third kappa shape index (κ3) is 3.57. The molecule has 5 nitrogen and oxygen atoms in total. The summed E-state index contributed by atoms with van der Waals surface area (Å²) in [7, 11) is -3.65. The summed E-state index contributed by atoms with van der Waals surface area (Å²) in [5, 5.41) is 9.55. The second-order valence-electron chi connectivity index (χ2n) is 5.23. The van der Waals surface area contributed by atoms with Crippen LogP contribution in [-0.2, 0) is 16.6 Å². The Morgan fingerprint density at radius 3 is 2.52 bits per heavy atom. The Hall–Kier alpha value is -0.660. The van der Waals surface area contributed by atoms with Gasteiger partial charge in [-0.2, -0.15) is 4.31 Å². The molecule has 1 fully saturated rings. The van der Waals surface area contributed by atoms with Crippen LogP contribution >= 0.6 is 11.6 Å². The van der Waals surface area contributed by atoms with Gasteiger partial charge in [-0.05, 0) is 30.5 Å². The van der Waals surface area contributed by atoms with Crippen LogP contribution in [0.25, 0.3) is 0 Å². The standard InChI is InChI=1S/C14H21ClN2O3S/c15-14-9-13(6-5-11(14)10-16)21(19,20)17(7-8-18)12-3-1-2-4-12/h5-6,9,12,18H,1-4,7-8,10,16H2. The van der Waals surface area contributed by atoms with Gasteiger partial charge in [0.15, 0.2) is 0 Å². The van der Waals surface area contributed by atoms with Gasteiger partial charge in [-0.1, -0.05) is 30.5 Å². The molecule has 0 atom stereocenters. The van der Waals surface area contributed by atoms with Crippen molar-refractivity contribution in [2.24, 2.45) is 5.73 Å². The number of hydrogen-bond donors (Lipinski definition) is 2. The van der Waals surface area contributed by atoms with Crippen molar-refractivity contribution in [2.75, 3.05) is 13.2 Å². The third-order valence-corrected chi connectivity index (χ3v) is 6.20. The predicted molar refractivity (Wildman–Crippen MR) is 82.6 cm³/mol. The quantitative estimate of drug-likeness (QED) is 0.831. The van der Waals surface area contributed by atoms with Crippen molar-refractivity contribution < 1.29 is 13.5 Å². The monoisotopic (exact) mass is 332 g/mol. The van der Waals surface area contributed by atoms with Gasteiger partial charge in [-0.25, -0.2) is 8.42 Å². The summed E-state index contributed by atoms with van der Waals surface area (Å²) in [6.07, 6.45) is 3.73. The lowest BCUT2D eigenvalue weighted by Crippen LogP contribution is -2.40. The Morgan fingerprint density at radius 1 is 1.33 bits per heavy atom. The minimum atomic E-state index is -3.65. The number of rotatable bonds is 6. The van der Waals surface area contributed by atoms with E-state index in [0.29, 0.717) is 10.6 Å². The van der Waals surface area contributed by atoms with Gasteiger partial charge >= 0.3 is 0 Å². The van der Waals surface area contributed by atoms with Gasteiger partial charge < -0.3 is 10.8 Å². The smallest absolute Gasteiger partial charge is 0.243 e. The summed E-state index contributed by atoms with van der Waals surface area (Å²) in [4.78, 5) is 0.157. The number of aliphatic hydroxyl groups excluding tert-OH is 1. The first kappa shape index (κ1) is 16.7. The van der Waals surface area contributed by atoms with E-state index in [0.717, 1.165) is 25.7 Å². The zero-order valence-corrected chi connectivity index (χ0v) is 13.4. The summed E-state index contributed by atoms with van der Waals surface area (Å²) < 4.78 is 27.0. The summed E-state index contributed by atoms with van der Waals surface area (Å²) >= 11 is 6.06. The number of hydrogen-bond acceptors (Lipinski definition) is 4. The zero-order valence-electron chi connectivity index (χ0n) is 11.8. The van der Waals surface area contributed by atoms with Gasteiger partial charge in [0.2, 0.25) is 10.0 Å². The molecule has 1 aliphatic rings. The van der Waals surface area contributed by atoms with Crippen LogP contribution in [0, 0.1) is 0 Å². The van der Waals surface area contributed by atoms with Crippen LogP contribution in [0.15, 0.2) is 23.1 Å². The molecule has 1 aliphatic carbocycles. The normalized spacial score (nSPS) is 16.8. The zero-order chi connectivity index (χ0) is 15.5. The highest BCUT2D eigenvalue weighted by molar-refractivity contribution is 7.89. The molecule has 0 bridgehead atoms. The molecule has 1 aromatic rings. The Labute approximate surface area is 130 Å². The SMILES string of the molecule is NCc1ccc(S(=O)(=O)N(CCO)C2CCCC2)cc1Cl. The maximum Gasteiger partial charge on any atom is 0.243 e. The largest absolute Gasteiger partial charge is 0.395 e. The number of aliphatic hydroxyl groups is 1. The van der Waals surface area contributed by atoms with Crippen LogP contribution in [-0.4, -0.2) is 37.0 Å². The number of nitrogens with zero attached hydrogens (tertiary/aromatic N) is 1. The van der Waals surface area contributed by atoms with Crippen LogP contribution in [0.5, 0.6) is 0 Å². The molecule has 0 saturated heterocycles. The summed E-state index contributed by atoms with van der Waals surface area (Å²) in [6, 6.07) is 4.58. The van der Waals surface area contributed by atoms with Gasteiger partial charge in [-0.3, -0.25) is 0 Å². The van der Waals surface area contributed by atoms with Crippen LogP contribution in [0.4, 0.5) is 0 Å². The molecule has 0 heterocycles. The lowest BCUT2D eigenvalue weighted by molar-refractivity contribution is 0.226. The fourth-order valence-electron chi connectivity index (χ4n) is 2.78. The van der Waals surface area contributed by atoms with Crippen LogP contribution in [0.1, 0.15) is 31.2 Å². The molecule has 0 unspecified atom stereocenters. The average Bonchev–Trinajstić information content (AvgIpc) is 2.98. The second-order valence-corrected chi connectivity index (χ2v) is 7.53. The Kier molecular flexibility index (Phi) is 5.62. The molecular formula is C14H21ClN2O3S. The van der Waals surface area contributed by atoms with Crippen molar-refractivity contribution in [1.82, 2.24) is 4.31 Å². The Morgan fingerprint density at radius 2 is 2.00 bits per heavy atom. The fraction of sp³-hybridized carbons (Fsp3) is 0.571. The summed E-state index contributed by atoms with van der Waals surface area (Å²) in [6.45, 7) is 0.190. The van der Waals surface area contributed by atoms with E-state index in [1.807, 2.05) is 0 Å². The topological polar surface area (TPSA) is 83.6 Å². The molecule has 2 rings (SSSR count). The predicted octanol–water partition coefficient (Wildman–Crippen LogP) is 1.72.